The SMILES string of the molecule is CCC1(N)CN(c2cc(C)cc3ncnn23)C1. The normalized spacial score (nSPS) is 18.4. The summed E-state index contributed by atoms with van der Waals surface area (Å²) in [4.78, 5) is 6.49. The molecule has 2 aromatic rings. The van der Waals surface area contributed by atoms with Crippen molar-refractivity contribution >= 4 is 11.5 Å². The van der Waals surface area contributed by atoms with Gasteiger partial charge >= 0.3 is 0 Å². The van der Waals surface area contributed by atoms with E-state index in [9.17, 15) is 0 Å². The van der Waals surface area contributed by atoms with Crippen molar-refractivity contribution in [1.82, 2.24) is 14.6 Å². The van der Waals surface area contributed by atoms with Crippen LogP contribution in [0.5, 0.6) is 0 Å². The molecular weight excluding hydrogens is 214 g/mol. The molecule has 2 N–H and O–H groups in total. The summed E-state index contributed by atoms with van der Waals surface area (Å²) in [6, 6.07) is 4.17. The first-order chi connectivity index (χ1) is 8.11. The van der Waals surface area contributed by atoms with E-state index in [1.165, 1.54) is 5.56 Å². The minimum Gasteiger partial charge on any atom is -0.353 e. The van der Waals surface area contributed by atoms with E-state index < -0.39 is 0 Å². The summed E-state index contributed by atoms with van der Waals surface area (Å²) in [6.07, 6.45) is 2.60. The Morgan fingerprint density at radius 3 is 2.88 bits per heavy atom. The fraction of sp³-hybridized carbons (Fsp3) is 0.500. The maximum absolute atomic E-state index is 6.20. The van der Waals surface area contributed by atoms with Gasteiger partial charge in [-0.05, 0) is 31.0 Å². The first-order valence-electron chi connectivity index (χ1n) is 5.95. The Morgan fingerprint density at radius 1 is 1.41 bits per heavy atom. The fourth-order valence-corrected chi connectivity index (χ4v) is 2.36. The maximum atomic E-state index is 6.20. The van der Waals surface area contributed by atoms with Gasteiger partial charge in [-0.15, -0.1) is 0 Å². The van der Waals surface area contributed by atoms with E-state index in [2.05, 4.69) is 34.9 Å². The minimum absolute atomic E-state index is 0.0311. The summed E-state index contributed by atoms with van der Waals surface area (Å²) in [5, 5.41) is 4.26. The number of nitrogens with zero attached hydrogens (tertiary/aromatic N) is 4. The average Bonchev–Trinajstić information content (AvgIpc) is 2.71. The van der Waals surface area contributed by atoms with Gasteiger partial charge in [0.25, 0.3) is 0 Å². The smallest absolute Gasteiger partial charge is 0.157 e. The lowest BCUT2D eigenvalue weighted by molar-refractivity contribution is 0.318. The van der Waals surface area contributed by atoms with E-state index in [1.807, 2.05) is 10.6 Å². The van der Waals surface area contributed by atoms with Crippen LogP contribution in [0.4, 0.5) is 5.82 Å². The standard InChI is InChI=1S/C12H17N5/c1-3-12(13)6-16(7-12)11-5-9(2)4-10-14-8-15-17(10)11/h4-5,8H,3,6-7,13H2,1-2H3. The number of aromatic nitrogens is 3. The lowest BCUT2D eigenvalue weighted by Gasteiger charge is -2.48. The molecule has 5 nitrogen and oxygen atoms in total. The van der Waals surface area contributed by atoms with Gasteiger partial charge in [0.2, 0.25) is 0 Å². The summed E-state index contributed by atoms with van der Waals surface area (Å²) in [5.41, 5.74) is 8.26. The molecule has 1 aliphatic heterocycles. The summed E-state index contributed by atoms with van der Waals surface area (Å²) < 4.78 is 1.88. The van der Waals surface area contributed by atoms with E-state index >= 15 is 0 Å². The maximum Gasteiger partial charge on any atom is 0.157 e. The van der Waals surface area contributed by atoms with Gasteiger partial charge < -0.3 is 10.6 Å². The molecule has 0 unspecified atom stereocenters. The molecule has 1 aliphatic rings. The highest BCUT2D eigenvalue weighted by Gasteiger charge is 2.38. The second kappa shape index (κ2) is 3.43. The molecule has 3 heterocycles. The molecule has 0 saturated carbocycles. The van der Waals surface area contributed by atoms with Crippen molar-refractivity contribution in [2.24, 2.45) is 5.73 Å². The molecule has 0 bridgehead atoms. The molecule has 17 heavy (non-hydrogen) atoms. The zero-order chi connectivity index (χ0) is 12.0. The number of aryl methyl sites for hydroxylation is 1. The molecule has 0 radical (unpaired) electrons. The molecule has 0 spiro atoms. The molecule has 0 aliphatic carbocycles. The van der Waals surface area contributed by atoms with Crippen LogP contribution in [0.15, 0.2) is 18.5 Å². The summed E-state index contributed by atoms with van der Waals surface area (Å²) >= 11 is 0. The highest BCUT2D eigenvalue weighted by Crippen LogP contribution is 2.28. The number of anilines is 1. The predicted octanol–water partition coefficient (Wildman–Crippen LogP) is 0.965. The van der Waals surface area contributed by atoms with Gasteiger partial charge in [-0.3, -0.25) is 0 Å². The highest BCUT2D eigenvalue weighted by atomic mass is 15.4. The van der Waals surface area contributed by atoms with Gasteiger partial charge in [-0.1, -0.05) is 6.92 Å². The van der Waals surface area contributed by atoms with E-state index in [0.717, 1.165) is 31.0 Å². The van der Waals surface area contributed by atoms with Crippen LogP contribution in [0.3, 0.4) is 0 Å². The van der Waals surface area contributed by atoms with Crippen LogP contribution in [0.1, 0.15) is 18.9 Å². The van der Waals surface area contributed by atoms with Crippen molar-refractivity contribution < 1.29 is 0 Å². The van der Waals surface area contributed by atoms with Crippen molar-refractivity contribution in [1.29, 1.82) is 0 Å². The van der Waals surface area contributed by atoms with Crippen molar-refractivity contribution in [3.8, 4) is 0 Å². The first-order valence-corrected chi connectivity index (χ1v) is 5.95. The van der Waals surface area contributed by atoms with Gasteiger partial charge in [0.05, 0.1) is 5.54 Å². The lowest BCUT2D eigenvalue weighted by Crippen LogP contribution is -2.67. The number of hydrogen-bond acceptors (Lipinski definition) is 4. The predicted molar refractivity (Wildman–Crippen MR) is 67.1 cm³/mol. The summed E-state index contributed by atoms with van der Waals surface area (Å²) in [5.74, 6) is 1.09. The highest BCUT2D eigenvalue weighted by molar-refractivity contribution is 5.55. The van der Waals surface area contributed by atoms with Gasteiger partial charge in [0.15, 0.2) is 5.65 Å². The zero-order valence-corrected chi connectivity index (χ0v) is 10.2. The zero-order valence-electron chi connectivity index (χ0n) is 10.2. The Kier molecular flexibility index (Phi) is 2.13. The Hall–Kier alpha value is -1.62. The van der Waals surface area contributed by atoms with E-state index in [4.69, 9.17) is 5.73 Å². The second-order valence-electron chi connectivity index (χ2n) is 4.99. The van der Waals surface area contributed by atoms with Crippen LogP contribution < -0.4 is 10.6 Å². The number of hydrogen-bond donors (Lipinski definition) is 1. The molecule has 0 amide bonds. The quantitative estimate of drug-likeness (QED) is 0.836. The van der Waals surface area contributed by atoms with Gasteiger partial charge in [0.1, 0.15) is 12.1 Å². The first kappa shape index (κ1) is 10.5. The Bertz CT molecular complexity index is 553. The number of nitrogens with two attached hydrogens (primary N) is 1. The minimum atomic E-state index is -0.0311. The summed E-state index contributed by atoms with van der Waals surface area (Å²) in [7, 11) is 0. The fourth-order valence-electron chi connectivity index (χ4n) is 2.36. The molecular formula is C12H17N5. The van der Waals surface area contributed by atoms with Crippen molar-refractivity contribution in [2.45, 2.75) is 25.8 Å². The average molecular weight is 231 g/mol. The van der Waals surface area contributed by atoms with Gasteiger partial charge in [0, 0.05) is 13.1 Å². The molecule has 1 fully saturated rings. The summed E-state index contributed by atoms with van der Waals surface area (Å²) in [6.45, 7) is 6.00. The molecule has 90 valence electrons. The van der Waals surface area contributed by atoms with Crippen LogP contribution in [0.25, 0.3) is 5.65 Å². The Morgan fingerprint density at radius 2 is 2.18 bits per heavy atom. The molecule has 0 atom stereocenters. The number of pyridine rings is 1. The van der Waals surface area contributed by atoms with Gasteiger partial charge in [-0.25, -0.2) is 4.98 Å². The Balaban J connectivity index is 1.99. The third-order valence-corrected chi connectivity index (χ3v) is 3.54. The lowest BCUT2D eigenvalue weighted by atomic mass is 9.88. The monoisotopic (exact) mass is 231 g/mol. The van der Waals surface area contributed by atoms with Crippen LogP contribution in [-0.4, -0.2) is 33.2 Å². The molecule has 1 saturated heterocycles. The molecule has 3 rings (SSSR count). The second-order valence-corrected chi connectivity index (χ2v) is 4.99. The Labute approximate surface area is 100 Å². The van der Waals surface area contributed by atoms with Crippen LogP contribution in [0.2, 0.25) is 0 Å². The topological polar surface area (TPSA) is 59.5 Å². The van der Waals surface area contributed by atoms with E-state index in [1.54, 1.807) is 6.33 Å². The van der Waals surface area contributed by atoms with Crippen LogP contribution >= 0.6 is 0 Å². The number of fused-ring (bicyclic) bond motifs is 1. The number of rotatable bonds is 2. The largest absolute Gasteiger partial charge is 0.353 e. The van der Waals surface area contributed by atoms with E-state index in [-0.39, 0.29) is 5.54 Å². The van der Waals surface area contributed by atoms with Crippen LogP contribution in [-0.2, 0) is 0 Å². The van der Waals surface area contributed by atoms with Crippen LogP contribution in [0, 0.1) is 6.92 Å². The molecule has 2 aromatic heterocycles. The molecule has 5 heteroatoms. The van der Waals surface area contributed by atoms with Gasteiger partial charge in [-0.2, -0.15) is 9.61 Å². The molecule has 0 aromatic carbocycles. The van der Waals surface area contributed by atoms with E-state index in [0.29, 0.717) is 0 Å². The van der Waals surface area contributed by atoms with Crippen molar-refractivity contribution in [3.63, 3.8) is 0 Å². The van der Waals surface area contributed by atoms with Crippen molar-refractivity contribution in [3.05, 3.63) is 24.0 Å². The van der Waals surface area contributed by atoms with Crippen molar-refractivity contribution in [2.75, 3.05) is 18.0 Å². The third kappa shape index (κ3) is 1.58. The third-order valence-electron chi connectivity index (χ3n) is 3.54.